The van der Waals surface area contributed by atoms with Gasteiger partial charge >= 0.3 is 5.69 Å². The molecule has 1 N–H and O–H groups in total. The van der Waals surface area contributed by atoms with Gasteiger partial charge in [-0.25, -0.2) is 9.48 Å². The van der Waals surface area contributed by atoms with Crippen molar-refractivity contribution in [3.63, 3.8) is 0 Å². The molecule has 1 aliphatic heterocycles. The number of carbonyl (C=O) groups is 1. The van der Waals surface area contributed by atoms with Crippen molar-refractivity contribution >= 4 is 5.91 Å². The van der Waals surface area contributed by atoms with Crippen molar-refractivity contribution < 1.29 is 4.79 Å². The van der Waals surface area contributed by atoms with E-state index in [1.807, 2.05) is 24.6 Å². The molecule has 0 atom stereocenters. The molecule has 3 rings (SSSR count). The monoisotopic (exact) mass is 346 g/mol. The molecule has 2 aromatic rings. The topological polar surface area (TPSA) is 86.7 Å². The van der Waals surface area contributed by atoms with Gasteiger partial charge in [0.25, 0.3) is 0 Å². The number of nitrogens with one attached hydrogen (secondary N) is 1. The normalized spacial score (nSPS) is 14.2. The predicted octanol–water partition coefficient (Wildman–Crippen LogP) is 0.791. The summed E-state index contributed by atoms with van der Waals surface area (Å²) in [6, 6.07) is 2.04. The summed E-state index contributed by atoms with van der Waals surface area (Å²) in [7, 11) is 0. The molecule has 2 aromatic heterocycles. The molecular formula is C17H26N6O2. The highest BCUT2D eigenvalue weighted by Crippen LogP contribution is 2.10. The Balaban J connectivity index is 1.48. The van der Waals surface area contributed by atoms with Crippen molar-refractivity contribution in [2.45, 2.75) is 65.6 Å². The van der Waals surface area contributed by atoms with Gasteiger partial charge in [-0.15, -0.1) is 0 Å². The zero-order chi connectivity index (χ0) is 17.8. The second kappa shape index (κ2) is 7.67. The van der Waals surface area contributed by atoms with Crippen LogP contribution in [0.2, 0.25) is 0 Å². The van der Waals surface area contributed by atoms with Gasteiger partial charge in [-0.05, 0) is 39.2 Å². The lowest BCUT2D eigenvalue weighted by Crippen LogP contribution is -2.34. The van der Waals surface area contributed by atoms with Gasteiger partial charge < -0.3 is 5.32 Å². The van der Waals surface area contributed by atoms with Crippen molar-refractivity contribution in [1.29, 1.82) is 0 Å². The van der Waals surface area contributed by atoms with E-state index in [4.69, 9.17) is 0 Å². The molecule has 0 radical (unpaired) electrons. The Bertz CT molecular complexity index is 801. The van der Waals surface area contributed by atoms with E-state index < -0.39 is 0 Å². The van der Waals surface area contributed by atoms with Crippen LogP contribution in [0.4, 0.5) is 0 Å². The highest BCUT2D eigenvalue weighted by molar-refractivity contribution is 5.75. The summed E-state index contributed by atoms with van der Waals surface area (Å²) in [6.07, 6.45) is 4.78. The third-order valence-electron chi connectivity index (χ3n) is 4.55. The smallest absolute Gasteiger partial charge is 0.346 e. The summed E-state index contributed by atoms with van der Waals surface area (Å²) in [4.78, 5) is 24.4. The number of hydrogen-bond acceptors (Lipinski definition) is 4. The number of carbonyl (C=O) groups excluding carboxylic acids is 1. The number of nitrogens with zero attached hydrogens (tertiary/aromatic N) is 5. The lowest BCUT2D eigenvalue weighted by atomic mass is 10.2. The summed E-state index contributed by atoms with van der Waals surface area (Å²) in [6.45, 7) is 6.00. The van der Waals surface area contributed by atoms with Crippen LogP contribution in [0.5, 0.6) is 0 Å². The molecule has 0 fully saturated rings. The van der Waals surface area contributed by atoms with Gasteiger partial charge in [0.2, 0.25) is 5.91 Å². The highest BCUT2D eigenvalue weighted by Gasteiger charge is 2.17. The first kappa shape index (κ1) is 17.4. The number of rotatable bonds is 6. The molecule has 0 spiro atoms. The standard InChI is InChI=1S/C17H26N6O2/c1-13-11-14(2)22(19-13)10-6-8-18-16(24)12-23-17(25)21-9-5-3-4-7-15(21)20-23/h11H,3-10,12H2,1-2H3,(H,18,24). The second-order valence-electron chi connectivity index (χ2n) is 6.67. The van der Waals surface area contributed by atoms with Crippen LogP contribution in [0, 0.1) is 13.8 Å². The van der Waals surface area contributed by atoms with Crippen molar-refractivity contribution in [3.8, 4) is 0 Å². The van der Waals surface area contributed by atoms with Gasteiger partial charge in [-0.1, -0.05) is 6.42 Å². The molecule has 0 saturated carbocycles. The lowest BCUT2D eigenvalue weighted by Gasteiger charge is -2.06. The second-order valence-corrected chi connectivity index (χ2v) is 6.67. The summed E-state index contributed by atoms with van der Waals surface area (Å²) in [5, 5.41) is 11.6. The Hall–Kier alpha value is -2.38. The Kier molecular flexibility index (Phi) is 5.35. The number of aromatic nitrogens is 5. The number of fused-ring (bicyclic) bond motifs is 1. The summed E-state index contributed by atoms with van der Waals surface area (Å²) in [5.74, 6) is 0.628. The van der Waals surface area contributed by atoms with Crippen LogP contribution >= 0.6 is 0 Å². The highest BCUT2D eigenvalue weighted by atomic mass is 16.2. The summed E-state index contributed by atoms with van der Waals surface area (Å²) in [5.41, 5.74) is 1.95. The van der Waals surface area contributed by atoms with Crippen LogP contribution in [0.1, 0.15) is 42.9 Å². The summed E-state index contributed by atoms with van der Waals surface area (Å²) >= 11 is 0. The van der Waals surface area contributed by atoms with Crippen LogP contribution in [0.15, 0.2) is 10.9 Å². The molecule has 0 bridgehead atoms. The molecule has 1 amide bonds. The van der Waals surface area contributed by atoms with E-state index in [9.17, 15) is 9.59 Å². The molecule has 8 nitrogen and oxygen atoms in total. The number of hydrogen-bond donors (Lipinski definition) is 1. The molecule has 0 aliphatic carbocycles. The molecule has 0 aromatic carbocycles. The van der Waals surface area contributed by atoms with Crippen molar-refractivity contribution in [2.24, 2.45) is 0 Å². The van der Waals surface area contributed by atoms with Crippen LogP contribution in [-0.4, -0.2) is 36.6 Å². The fraction of sp³-hybridized carbons (Fsp3) is 0.647. The van der Waals surface area contributed by atoms with Gasteiger partial charge in [0.15, 0.2) is 0 Å². The molecule has 1 aliphatic rings. The minimum Gasteiger partial charge on any atom is -0.354 e. The van der Waals surface area contributed by atoms with E-state index in [1.54, 1.807) is 4.57 Å². The third kappa shape index (κ3) is 4.18. The first-order valence-electron chi connectivity index (χ1n) is 8.99. The van der Waals surface area contributed by atoms with Gasteiger partial charge in [-0.2, -0.15) is 10.2 Å². The molecule has 3 heterocycles. The fourth-order valence-electron chi connectivity index (χ4n) is 3.28. The van der Waals surface area contributed by atoms with Gasteiger partial charge in [-0.3, -0.25) is 14.0 Å². The maximum Gasteiger partial charge on any atom is 0.346 e. The maximum atomic E-state index is 12.3. The van der Waals surface area contributed by atoms with E-state index in [0.717, 1.165) is 55.9 Å². The molecule has 0 saturated heterocycles. The van der Waals surface area contributed by atoms with Gasteiger partial charge in [0, 0.05) is 31.7 Å². The minimum atomic E-state index is -0.177. The molecule has 25 heavy (non-hydrogen) atoms. The van der Waals surface area contributed by atoms with E-state index in [-0.39, 0.29) is 18.1 Å². The van der Waals surface area contributed by atoms with E-state index in [2.05, 4.69) is 15.5 Å². The number of amides is 1. The van der Waals surface area contributed by atoms with Gasteiger partial charge in [0.05, 0.1) is 5.69 Å². The Labute approximate surface area is 146 Å². The quantitative estimate of drug-likeness (QED) is 0.784. The zero-order valence-corrected chi connectivity index (χ0v) is 15.0. The van der Waals surface area contributed by atoms with Gasteiger partial charge in [0.1, 0.15) is 12.4 Å². The first-order chi connectivity index (χ1) is 12.0. The Morgan fingerprint density at radius 1 is 1.20 bits per heavy atom. The van der Waals surface area contributed by atoms with Crippen molar-refractivity contribution in [3.05, 3.63) is 33.8 Å². The predicted molar refractivity (Wildman–Crippen MR) is 93.4 cm³/mol. The van der Waals surface area contributed by atoms with E-state index in [0.29, 0.717) is 13.1 Å². The Morgan fingerprint density at radius 2 is 2.04 bits per heavy atom. The molecule has 136 valence electrons. The SMILES string of the molecule is Cc1cc(C)n(CCCNC(=O)Cn2nc3n(c2=O)CCCCC3)n1. The molecule has 8 heteroatoms. The Morgan fingerprint density at radius 3 is 2.80 bits per heavy atom. The first-order valence-corrected chi connectivity index (χ1v) is 8.99. The maximum absolute atomic E-state index is 12.3. The summed E-state index contributed by atoms with van der Waals surface area (Å²) < 4.78 is 4.94. The van der Waals surface area contributed by atoms with Crippen LogP contribution in [0.3, 0.4) is 0 Å². The fourth-order valence-corrected chi connectivity index (χ4v) is 3.28. The third-order valence-corrected chi connectivity index (χ3v) is 4.55. The lowest BCUT2D eigenvalue weighted by molar-refractivity contribution is -0.121. The molecular weight excluding hydrogens is 320 g/mol. The van der Waals surface area contributed by atoms with E-state index >= 15 is 0 Å². The minimum absolute atomic E-state index is 0.0151. The van der Waals surface area contributed by atoms with Crippen LogP contribution in [-0.2, 0) is 30.8 Å². The average molecular weight is 346 g/mol. The van der Waals surface area contributed by atoms with Crippen LogP contribution in [0.25, 0.3) is 0 Å². The average Bonchev–Trinajstić information content (AvgIpc) is 2.92. The van der Waals surface area contributed by atoms with Crippen molar-refractivity contribution in [1.82, 2.24) is 29.4 Å². The number of aryl methyl sites for hydroxylation is 4. The molecule has 0 unspecified atom stereocenters. The van der Waals surface area contributed by atoms with Crippen LogP contribution < -0.4 is 11.0 Å². The zero-order valence-electron chi connectivity index (χ0n) is 15.0. The van der Waals surface area contributed by atoms with E-state index in [1.165, 1.54) is 4.68 Å². The largest absolute Gasteiger partial charge is 0.354 e. The van der Waals surface area contributed by atoms with Crippen molar-refractivity contribution in [2.75, 3.05) is 6.54 Å².